The Bertz CT molecular complexity index is 1340. The predicted octanol–water partition coefficient (Wildman–Crippen LogP) is 6.23. The van der Waals surface area contributed by atoms with E-state index in [1.54, 1.807) is 10.6 Å². The van der Waals surface area contributed by atoms with Crippen molar-refractivity contribution in [2.45, 2.75) is 45.3 Å². The zero-order valence-electron chi connectivity index (χ0n) is 18.8. The van der Waals surface area contributed by atoms with Gasteiger partial charge in [-0.15, -0.1) is 0 Å². The van der Waals surface area contributed by atoms with Gasteiger partial charge in [-0.2, -0.15) is 5.10 Å². The molecule has 1 aliphatic carbocycles. The van der Waals surface area contributed by atoms with E-state index in [2.05, 4.69) is 28.6 Å². The van der Waals surface area contributed by atoms with Crippen LogP contribution in [0, 0.1) is 0 Å². The molecule has 2 aromatic heterocycles. The number of halogens is 1. The minimum Gasteiger partial charge on any atom is -0.444 e. The molecule has 0 saturated heterocycles. The van der Waals surface area contributed by atoms with Crippen LogP contribution >= 0.6 is 11.6 Å². The van der Waals surface area contributed by atoms with E-state index in [0.717, 1.165) is 46.6 Å². The van der Waals surface area contributed by atoms with Crippen molar-refractivity contribution < 1.29 is 9.53 Å². The summed E-state index contributed by atoms with van der Waals surface area (Å²) in [7, 11) is 0. The van der Waals surface area contributed by atoms with Gasteiger partial charge in [-0.1, -0.05) is 54.1 Å². The second-order valence-corrected chi connectivity index (χ2v) is 9.64. The Balaban J connectivity index is 1.53. The third kappa shape index (κ3) is 4.31. The predicted molar refractivity (Wildman–Crippen MR) is 129 cm³/mol. The second kappa shape index (κ2) is 8.19. The standard InChI is InChI=1S/C26H25ClN4O2/c1-26(2,3)33-25(32)28-20-12-10-17-15-18(9-11-19(17)20)23-24(16-7-5-4-6-8-16)31-22(29-23)14-13-21(27)30-31/h4-9,11,13-15,20H,10,12H2,1-3H3,(H,28,32)/t20-/m0/s1. The maximum Gasteiger partial charge on any atom is 0.408 e. The van der Waals surface area contributed by atoms with Gasteiger partial charge in [0.1, 0.15) is 16.4 Å². The third-order valence-electron chi connectivity index (χ3n) is 5.68. The minimum absolute atomic E-state index is 0.0564. The number of hydrogen-bond donors (Lipinski definition) is 1. The molecule has 1 atom stereocenters. The Hall–Kier alpha value is -3.38. The average molecular weight is 461 g/mol. The molecule has 0 unspecified atom stereocenters. The van der Waals surface area contributed by atoms with Gasteiger partial charge >= 0.3 is 6.09 Å². The van der Waals surface area contributed by atoms with Crippen LogP contribution in [-0.4, -0.2) is 26.3 Å². The van der Waals surface area contributed by atoms with Crippen LogP contribution in [0.5, 0.6) is 0 Å². The molecular weight excluding hydrogens is 436 g/mol. The van der Waals surface area contributed by atoms with E-state index in [0.29, 0.717) is 5.15 Å². The van der Waals surface area contributed by atoms with Crippen LogP contribution in [0.25, 0.3) is 28.2 Å². The zero-order valence-corrected chi connectivity index (χ0v) is 19.6. The lowest BCUT2D eigenvalue weighted by molar-refractivity contribution is 0.0503. The molecule has 7 heteroatoms. The lowest BCUT2D eigenvalue weighted by Gasteiger charge is -2.22. The topological polar surface area (TPSA) is 68.5 Å². The molecule has 2 aromatic carbocycles. The number of ether oxygens (including phenoxy) is 1. The van der Waals surface area contributed by atoms with E-state index in [9.17, 15) is 4.79 Å². The minimum atomic E-state index is -0.525. The van der Waals surface area contributed by atoms with E-state index in [-0.39, 0.29) is 12.1 Å². The number of benzene rings is 2. The van der Waals surface area contributed by atoms with E-state index < -0.39 is 5.60 Å². The highest BCUT2D eigenvalue weighted by atomic mass is 35.5. The summed E-state index contributed by atoms with van der Waals surface area (Å²) in [5.74, 6) is 0. The molecule has 0 bridgehead atoms. The van der Waals surface area contributed by atoms with E-state index in [1.165, 1.54) is 5.56 Å². The number of nitrogens with one attached hydrogen (secondary N) is 1. The highest BCUT2D eigenvalue weighted by molar-refractivity contribution is 6.29. The number of aryl methyl sites for hydroxylation is 1. The molecule has 0 spiro atoms. The number of hydrogen-bond acceptors (Lipinski definition) is 4. The first-order chi connectivity index (χ1) is 15.8. The van der Waals surface area contributed by atoms with Gasteiger partial charge in [-0.25, -0.2) is 14.3 Å². The molecule has 0 fully saturated rings. The summed E-state index contributed by atoms with van der Waals surface area (Å²) in [6.07, 6.45) is 1.33. The van der Waals surface area contributed by atoms with Gasteiger partial charge in [-0.05, 0) is 62.9 Å². The number of aromatic nitrogens is 3. The highest BCUT2D eigenvalue weighted by Gasteiger charge is 2.27. The molecule has 4 aromatic rings. The quantitative estimate of drug-likeness (QED) is 0.393. The number of alkyl carbamates (subject to hydrolysis) is 1. The van der Waals surface area contributed by atoms with E-state index in [1.807, 2.05) is 57.2 Å². The molecule has 1 N–H and O–H groups in total. The molecule has 0 saturated carbocycles. The molecule has 2 heterocycles. The smallest absolute Gasteiger partial charge is 0.408 e. The van der Waals surface area contributed by atoms with Gasteiger partial charge in [0.25, 0.3) is 0 Å². The maximum atomic E-state index is 12.3. The van der Waals surface area contributed by atoms with Crippen molar-refractivity contribution in [2.75, 3.05) is 0 Å². The Labute approximate surface area is 197 Å². The fraction of sp³-hybridized carbons (Fsp3) is 0.269. The number of amides is 1. The van der Waals surface area contributed by atoms with Crippen LogP contribution in [0.1, 0.15) is 44.4 Å². The van der Waals surface area contributed by atoms with Crippen LogP contribution < -0.4 is 5.32 Å². The number of imidazole rings is 1. The Morgan fingerprint density at radius 3 is 2.64 bits per heavy atom. The van der Waals surface area contributed by atoms with Crippen molar-refractivity contribution in [1.29, 1.82) is 0 Å². The monoisotopic (exact) mass is 460 g/mol. The third-order valence-corrected chi connectivity index (χ3v) is 5.88. The molecule has 1 aliphatic rings. The second-order valence-electron chi connectivity index (χ2n) is 9.25. The van der Waals surface area contributed by atoms with Crippen LogP contribution in [0.3, 0.4) is 0 Å². The Morgan fingerprint density at radius 2 is 1.88 bits per heavy atom. The highest BCUT2D eigenvalue weighted by Crippen LogP contribution is 2.37. The number of nitrogens with zero attached hydrogens (tertiary/aromatic N) is 3. The van der Waals surface area contributed by atoms with Gasteiger partial charge in [0.15, 0.2) is 5.65 Å². The Kier molecular flexibility index (Phi) is 5.33. The van der Waals surface area contributed by atoms with Gasteiger partial charge in [0.2, 0.25) is 0 Å². The van der Waals surface area contributed by atoms with Gasteiger partial charge in [-0.3, -0.25) is 0 Å². The molecule has 0 radical (unpaired) electrons. The van der Waals surface area contributed by atoms with E-state index in [4.69, 9.17) is 21.3 Å². The molecule has 168 valence electrons. The molecule has 33 heavy (non-hydrogen) atoms. The summed E-state index contributed by atoms with van der Waals surface area (Å²) >= 11 is 6.20. The SMILES string of the molecule is CC(C)(C)OC(=O)N[C@H]1CCc2cc(-c3nc4ccc(Cl)nn4c3-c3ccccc3)ccc21. The van der Waals surface area contributed by atoms with Crippen molar-refractivity contribution in [3.63, 3.8) is 0 Å². The van der Waals surface area contributed by atoms with Crippen LogP contribution in [0.15, 0.2) is 60.7 Å². The van der Waals surface area contributed by atoms with E-state index >= 15 is 0 Å². The first-order valence-electron chi connectivity index (χ1n) is 11.0. The van der Waals surface area contributed by atoms with Crippen molar-refractivity contribution in [2.24, 2.45) is 0 Å². The largest absolute Gasteiger partial charge is 0.444 e. The Morgan fingerprint density at radius 1 is 1.09 bits per heavy atom. The van der Waals surface area contributed by atoms with Crippen LogP contribution in [-0.2, 0) is 11.2 Å². The number of fused-ring (bicyclic) bond motifs is 2. The lowest BCUT2D eigenvalue weighted by atomic mass is 10.00. The number of carbonyl (C=O) groups is 1. The van der Waals surface area contributed by atoms with Crippen LogP contribution in [0.4, 0.5) is 4.79 Å². The van der Waals surface area contributed by atoms with Crippen molar-refractivity contribution in [1.82, 2.24) is 19.9 Å². The molecular formula is C26H25ClN4O2. The fourth-order valence-corrected chi connectivity index (χ4v) is 4.47. The first kappa shape index (κ1) is 21.5. The normalized spacial score (nSPS) is 15.5. The lowest BCUT2D eigenvalue weighted by Crippen LogP contribution is -2.34. The van der Waals surface area contributed by atoms with Crippen LogP contribution in [0.2, 0.25) is 5.15 Å². The van der Waals surface area contributed by atoms with Crippen molar-refractivity contribution >= 4 is 23.3 Å². The molecule has 0 aliphatic heterocycles. The summed E-state index contributed by atoms with van der Waals surface area (Å²) in [4.78, 5) is 17.2. The van der Waals surface area contributed by atoms with Gasteiger partial charge in [0, 0.05) is 11.1 Å². The summed E-state index contributed by atoms with van der Waals surface area (Å²) in [5, 5.41) is 7.92. The van der Waals surface area contributed by atoms with Crippen molar-refractivity contribution in [3.05, 3.63) is 76.9 Å². The van der Waals surface area contributed by atoms with Gasteiger partial charge in [0.05, 0.1) is 11.7 Å². The van der Waals surface area contributed by atoms with Gasteiger partial charge < -0.3 is 10.1 Å². The summed E-state index contributed by atoms with van der Waals surface area (Å²) < 4.78 is 7.23. The summed E-state index contributed by atoms with van der Waals surface area (Å²) in [6, 6.07) is 20.0. The van der Waals surface area contributed by atoms with Crippen molar-refractivity contribution in [3.8, 4) is 22.5 Å². The first-order valence-corrected chi connectivity index (χ1v) is 11.4. The number of rotatable bonds is 3. The zero-order chi connectivity index (χ0) is 23.2. The molecule has 1 amide bonds. The number of carbonyl (C=O) groups excluding carboxylic acids is 1. The summed E-state index contributed by atoms with van der Waals surface area (Å²) in [6.45, 7) is 5.59. The summed E-state index contributed by atoms with van der Waals surface area (Å²) in [5.41, 5.74) is 6.30. The fourth-order valence-electron chi connectivity index (χ4n) is 4.33. The molecule has 5 rings (SSSR count). The average Bonchev–Trinajstić information content (AvgIpc) is 3.33. The maximum absolute atomic E-state index is 12.3. The molecule has 6 nitrogen and oxygen atoms in total.